The maximum absolute atomic E-state index is 12.8. The number of hydrogen-bond acceptors (Lipinski definition) is 4. The second-order valence-electron chi connectivity index (χ2n) is 5.82. The molecule has 7 heteroatoms. The van der Waals surface area contributed by atoms with Crippen LogP contribution in [0.25, 0.3) is 0 Å². The molecule has 1 saturated carbocycles. The van der Waals surface area contributed by atoms with Crippen molar-refractivity contribution in [2.75, 3.05) is 13.1 Å². The smallest absolute Gasteiger partial charge is 0.338 e. The second kappa shape index (κ2) is 5.02. The first-order valence-corrected chi connectivity index (χ1v) is 7.09. The Labute approximate surface area is 115 Å². The summed E-state index contributed by atoms with van der Waals surface area (Å²) in [6.45, 7) is 2.50. The maximum Gasteiger partial charge on any atom is 0.393 e. The predicted molar refractivity (Wildman–Crippen MR) is 65.0 cm³/mol. The van der Waals surface area contributed by atoms with E-state index >= 15 is 0 Å². The molecular formula is C13H18F3N3O. The molecule has 0 unspecified atom stereocenters. The van der Waals surface area contributed by atoms with Gasteiger partial charge in [0.25, 0.3) is 0 Å². The Morgan fingerprint density at radius 3 is 2.70 bits per heavy atom. The lowest BCUT2D eigenvalue weighted by atomic mass is 9.96. The Morgan fingerprint density at radius 2 is 2.05 bits per heavy atom. The Balaban J connectivity index is 1.67. The van der Waals surface area contributed by atoms with Crippen LogP contribution in [0.3, 0.4) is 0 Å². The van der Waals surface area contributed by atoms with Crippen LogP contribution in [0.2, 0.25) is 0 Å². The number of alkyl halides is 3. The van der Waals surface area contributed by atoms with Crippen molar-refractivity contribution in [3.63, 3.8) is 0 Å². The van der Waals surface area contributed by atoms with Gasteiger partial charge in [-0.3, -0.25) is 4.90 Å². The monoisotopic (exact) mass is 289 g/mol. The molecule has 2 heterocycles. The van der Waals surface area contributed by atoms with Crippen LogP contribution in [0.1, 0.15) is 56.3 Å². The van der Waals surface area contributed by atoms with Gasteiger partial charge in [-0.05, 0) is 39.2 Å². The fraction of sp³-hybridized carbons (Fsp3) is 0.846. The number of likely N-dealkylation sites (tertiary alicyclic amines) is 1. The van der Waals surface area contributed by atoms with Gasteiger partial charge < -0.3 is 4.52 Å². The van der Waals surface area contributed by atoms with Crippen molar-refractivity contribution in [1.29, 1.82) is 0 Å². The zero-order chi connectivity index (χ0) is 14.3. The summed E-state index contributed by atoms with van der Waals surface area (Å²) in [6.07, 6.45) is -1.20. The minimum Gasteiger partial charge on any atom is -0.338 e. The van der Waals surface area contributed by atoms with E-state index in [0.29, 0.717) is 30.6 Å². The van der Waals surface area contributed by atoms with E-state index in [4.69, 9.17) is 4.52 Å². The number of piperidine rings is 1. The van der Waals surface area contributed by atoms with E-state index in [9.17, 15) is 13.2 Å². The Kier molecular flexibility index (Phi) is 3.48. The summed E-state index contributed by atoms with van der Waals surface area (Å²) in [4.78, 5) is 6.13. The molecule has 2 atom stereocenters. The van der Waals surface area contributed by atoms with Crippen molar-refractivity contribution in [2.24, 2.45) is 5.92 Å². The van der Waals surface area contributed by atoms with Crippen LogP contribution in [0.15, 0.2) is 4.52 Å². The van der Waals surface area contributed by atoms with Gasteiger partial charge in [-0.1, -0.05) is 5.16 Å². The topological polar surface area (TPSA) is 42.2 Å². The number of aromatic nitrogens is 2. The molecule has 0 amide bonds. The lowest BCUT2D eigenvalue weighted by Gasteiger charge is -2.36. The van der Waals surface area contributed by atoms with Gasteiger partial charge in [0, 0.05) is 12.5 Å². The van der Waals surface area contributed by atoms with Crippen molar-refractivity contribution in [2.45, 2.75) is 50.7 Å². The largest absolute Gasteiger partial charge is 0.393 e. The molecule has 1 saturated heterocycles. The van der Waals surface area contributed by atoms with Crippen LogP contribution in [-0.4, -0.2) is 34.3 Å². The quantitative estimate of drug-likeness (QED) is 0.856. The Bertz CT molecular complexity index is 470. The number of rotatable bonds is 3. The number of nitrogens with zero attached hydrogens (tertiary/aromatic N) is 3. The first kappa shape index (κ1) is 13.9. The van der Waals surface area contributed by atoms with Gasteiger partial charge >= 0.3 is 6.18 Å². The van der Waals surface area contributed by atoms with E-state index in [1.807, 2.05) is 6.92 Å². The van der Waals surface area contributed by atoms with Crippen LogP contribution in [-0.2, 0) is 0 Å². The molecule has 2 fully saturated rings. The van der Waals surface area contributed by atoms with Gasteiger partial charge in [0.1, 0.15) is 0 Å². The van der Waals surface area contributed by atoms with Gasteiger partial charge in [-0.15, -0.1) is 0 Å². The van der Waals surface area contributed by atoms with Crippen molar-refractivity contribution < 1.29 is 17.7 Å². The highest BCUT2D eigenvalue weighted by Gasteiger charge is 2.43. The van der Waals surface area contributed by atoms with Gasteiger partial charge in [0.15, 0.2) is 5.82 Å². The highest BCUT2D eigenvalue weighted by Crippen LogP contribution is 2.39. The average Bonchev–Trinajstić information content (AvgIpc) is 3.15. The molecule has 0 bridgehead atoms. The molecule has 2 aliphatic rings. The first-order valence-electron chi connectivity index (χ1n) is 7.09. The predicted octanol–water partition coefficient (Wildman–Crippen LogP) is 3.28. The minimum atomic E-state index is -4.12. The highest BCUT2D eigenvalue weighted by atomic mass is 19.4. The molecule has 3 rings (SSSR count). The fourth-order valence-corrected chi connectivity index (χ4v) is 2.71. The summed E-state index contributed by atoms with van der Waals surface area (Å²) in [7, 11) is 0. The average molecular weight is 289 g/mol. The van der Waals surface area contributed by atoms with Gasteiger partial charge in [-0.25, -0.2) is 0 Å². The van der Waals surface area contributed by atoms with Crippen LogP contribution in [0, 0.1) is 5.92 Å². The van der Waals surface area contributed by atoms with Crippen molar-refractivity contribution in [3.05, 3.63) is 11.7 Å². The van der Waals surface area contributed by atoms with Crippen molar-refractivity contribution >= 4 is 0 Å². The van der Waals surface area contributed by atoms with Gasteiger partial charge in [0.2, 0.25) is 5.89 Å². The molecule has 4 nitrogen and oxygen atoms in total. The summed E-state index contributed by atoms with van der Waals surface area (Å²) in [5.74, 6) is 0.291. The molecule has 0 radical (unpaired) electrons. The number of hydrogen-bond donors (Lipinski definition) is 0. The minimum absolute atomic E-state index is 0.0197. The van der Waals surface area contributed by atoms with Crippen molar-refractivity contribution in [3.8, 4) is 0 Å². The second-order valence-corrected chi connectivity index (χ2v) is 5.82. The molecule has 0 N–H and O–H groups in total. The molecule has 112 valence electrons. The molecule has 0 aromatic carbocycles. The molecule has 0 spiro atoms. The van der Waals surface area contributed by atoms with E-state index < -0.39 is 12.1 Å². The molecule has 20 heavy (non-hydrogen) atoms. The van der Waals surface area contributed by atoms with Crippen molar-refractivity contribution in [1.82, 2.24) is 15.0 Å². The van der Waals surface area contributed by atoms with E-state index in [1.54, 1.807) is 4.90 Å². The third kappa shape index (κ3) is 2.82. The highest BCUT2D eigenvalue weighted by molar-refractivity contribution is 5.05. The van der Waals surface area contributed by atoms with E-state index in [0.717, 1.165) is 12.8 Å². The van der Waals surface area contributed by atoms with E-state index in [2.05, 4.69) is 10.1 Å². The lowest BCUT2D eigenvalue weighted by molar-refractivity contribution is -0.188. The van der Waals surface area contributed by atoms with Crippen LogP contribution >= 0.6 is 0 Å². The van der Waals surface area contributed by atoms with Crippen LogP contribution < -0.4 is 0 Å². The zero-order valence-electron chi connectivity index (χ0n) is 11.4. The Morgan fingerprint density at radius 1 is 1.30 bits per heavy atom. The molecule has 1 aliphatic heterocycles. The summed E-state index contributed by atoms with van der Waals surface area (Å²) in [6, 6.07) is -0.250. The lowest BCUT2D eigenvalue weighted by Crippen LogP contribution is -2.42. The molecule has 1 aliphatic carbocycles. The third-order valence-corrected chi connectivity index (χ3v) is 4.22. The van der Waals surface area contributed by atoms with Crippen LogP contribution in [0.5, 0.6) is 0 Å². The molecule has 1 aromatic heterocycles. The summed E-state index contributed by atoms with van der Waals surface area (Å²) < 4.78 is 43.7. The SMILES string of the molecule is C[C@H](c1nc(C2CC2)no1)N1CCC[C@@H](C(F)(F)F)C1. The Hall–Kier alpha value is -1.11. The summed E-state index contributed by atoms with van der Waals surface area (Å²) in [5.41, 5.74) is 0. The summed E-state index contributed by atoms with van der Waals surface area (Å²) >= 11 is 0. The molecule has 1 aromatic rings. The normalized spacial score (nSPS) is 26.7. The fourth-order valence-electron chi connectivity index (χ4n) is 2.71. The van der Waals surface area contributed by atoms with Gasteiger partial charge in [-0.2, -0.15) is 18.2 Å². The first-order chi connectivity index (χ1) is 9.45. The summed E-state index contributed by atoms with van der Waals surface area (Å²) in [5, 5.41) is 3.93. The number of halogens is 3. The van der Waals surface area contributed by atoms with E-state index in [1.165, 1.54) is 0 Å². The van der Waals surface area contributed by atoms with Crippen LogP contribution in [0.4, 0.5) is 13.2 Å². The molecular weight excluding hydrogens is 271 g/mol. The third-order valence-electron chi connectivity index (χ3n) is 4.22. The maximum atomic E-state index is 12.8. The van der Waals surface area contributed by atoms with E-state index in [-0.39, 0.29) is 19.0 Å². The standard InChI is InChI=1S/C13H18F3N3O/c1-8(12-17-11(18-20-12)9-4-5-9)19-6-2-3-10(7-19)13(14,15)16/h8-10H,2-7H2,1H3/t8-,10-/m1/s1. The van der Waals surface area contributed by atoms with Gasteiger partial charge in [0.05, 0.1) is 12.0 Å². The zero-order valence-corrected chi connectivity index (χ0v) is 11.4.